The summed E-state index contributed by atoms with van der Waals surface area (Å²) in [6.45, 7) is 7.42. The van der Waals surface area contributed by atoms with Gasteiger partial charge in [0.25, 0.3) is 0 Å². The Hall–Kier alpha value is -1.02. The predicted molar refractivity (Wildman–Crippen MR) is 66.8 cm³/mol. The van der Waals surface area contributed by atoms with Crippen molar-refractivity contribution in [2.75, 3.05) is 6.61 Å². The van der Waals surface area contributed by atoms with E-state index < -0.39 is 0 Å². The Morgan fingerprint density at radius 2 is 2.06 bits per heavy atom. The van der Waals surface area contributed by atoms with E-state index in [4.69, 9.17) is 10.5 Å². The first-order valence-corrected chi connectivity index (χ1v) is 6.02. The van der Waals surface area contributed by atoms with Crippen LogP contribution in [0.2, 0.25) is 0 Å². The van der Waals surface area contributed by atoms with Crippen LogP contribution in [0.3, 0.4) is 0 Å². The van der Waals surface area contributed by atoms with E-state index in [1.54, 1.807) is 0 Å². The van der Waals surface area contributed by atoms with Crippen molar-refractivity contribution < 1.29 is 4.74 Å². The highest BCUT2D eigenvalue weighted by atomic mass is 16.5. The molecule has 1 aliphatic rings. The fourth-order valence-electron chi connectivity index (χ4n) is 2.23. The third kappa shape index (κ3) is 2.07. The van der Waals surface area contributed by atoms with Crippen LogP contribution >= 0.6 is 0 Å². The summed E-state index contributed by atoms with van der Waals surface area (Å²) in [7, 11) is 0. The van der Waals surface area contributed by atoms with Crippen molar-refractivity contribution in [3.8, 4) is 5.75 Å². The van der Waals surface area contributed by atoms with Crippen molar-refractivity contribution in [1.29, 1.82) is 0 Å². The molecule has 2 heteroatoms. The molecule has 0 spiro atoms. The standard InChI is InChI=1S/C14H21NO/c1-14(2,3)11-7-4-6-10-12(15)8-5-9-16-13(10)11/h4,6-7,12H,5,8-9,15H2,1-3H3. The van der Waals surface area contributed by atoms with Crippen molar-refractivity contribution in [1.82, 2.24) is 0 Å². The highest BCUT2D eigenvalue weighted by Crippen LogP contribution is 2.38. The molecule has 0 saturated carbocycles. The van der Waals surface area contributed by atoms with Crippen molar-refractivity contribution in [2.45, 2.75) is 45.1 Å². The molecule has 0 aromatic heterocycles. The average molecular weight is 219 g/mol. The van der Waals surface area contributed by atoms with Crippen LogP contribution in [-0.4, -0.2) is 6.61 Å². The summed E-state index contributed by atoms with van der Waals surface area (Å²) in [6.07, 6.45) is 2.06. The van der Waals surface area contributed by atoms with Crippen molar-refractivity contribution in [3.05, 3.63) is 29.3 Å². The van der Waals surface area contributed by atoms with Gasteiger partial charge in [-0.1, -0.05) is 39.0 Å². The molecule has 2 rings (SSSR count). The lowest BCUT2D eigenvalue weighted by atomic mass is 9.84. The van der Waals surface area contributed by atoms with Gasteiger partial charge in [0.05, 0.1) is 6.61 Å². The molecule has 0 bridgehead atoms. The van der Waals surface area contributed by atoms with Gasteiger partial charge in [0.2, 0.25) is 0 Å². The summed E-state index contributed by atoms with van der Waals surface area (Å²) in [6, 6.07) is 6.46. The molecule has 2 N–H and O–H groups in total. The molecule has 88 valence electrons. The minimum Gasteiger partial charge on any atom is -0.493 e. The Bertz CT molecular complexity index is 379. The van der Waals surface area contributed by atoms with Gasteiger partial charge in [-0.2, -0.15) is 0 Å². The molecular weight excluding hydrogens is 198 g/mol. The SMILES string of the molecule is CC(C)(C)c1cccc2c1OCCCC2N. The number of nitrogens with two attached hydrogens (primary N) is 1. The van der Waals surface area contributed by atoms with Crippen LogP contribution in [0.5, 0.6) is 5.75 Å². The number of fused-ring (bicyclic) bond motifs is 1. The smallest absolute Gasteiger partial charge is 0.127 e. The Morgan fingerprint density at radius 3 is 2.75 bits per heavy atom. The zero-order chi connectivity index (χ0) is 11.8. The lowest BCUT2D eigenvalue weighted by Crippen LogP contribution is -2.16. The molecular formula is C14H21NO. The van der Waals surface area contributed by atoms with Crippen molar-refractivity contribution in [3.63, 3.8) is 0 Å². The van der Waals surface area contributed by atoms with Crippen LogP contribution in [0.4, 0.5) is 0 Å². The molecule has 1 aromatic carbocycles. The number of hydrogen-bond donors (Lipinski definition) is 1. The van der Waals surface area contributed by atoms with E-state index in [9.17, 15) is 0 Å². The minimum atomic E-state index is 0.107. The first kappa shape index (κ1) is 11.5. The molecule has 1 unspecified atom stereocenters. The van der Waals surface area contributed by atoms with Gasteiger partial charge in [0.1, 0.15) is 5.75 Å². The monoisotopic (exact) mass is 219 g/mol. The normalized spacial score (nSPS) is 20.9. The topological polar surface area (TPSA) is 35.2 Å². The third-order valence-electron chi connectivity index (χ3n) is 3.16. The maximum Gasteiger partial charge on any atom is 0.127 e. The highest BCUT2D eigenvalue weighted by Gasteiger charge is 2.24. The van der Waals surface area contributed by atoms with Crippen LogP contribution < -0.4 is 10.5 Å². The zero-order valence-corrected chi connectivity index (χ0v) is 10.4. The van der Waals surface area contributed by atoms with E-state index in [0.717, 1.165) is 25.2 Å². The number of rotatable bonds is 0. The van der Waals surface area contributed by atoms with E-state index >= 15 is 0 Å². The Labute approximate surface area is 97.8 Å². The summed E-state index contributed by atoms with van der Waals surface area (Å²) >= 11 is 0. The average Bonchev–Trinajstić information content (AvgIpc) is 2.39. The number of para-hydroxylation sites is 1. The number of ether oxygens (including phenoxy) is 1. The summed E-state index contributed by atoms with van der Waals surface area (Å²) in [4.78, 5) is 0. The van der Waals surface area contributed by atoms with E-state index in [2.05, 4.69) is 39.0 Å². The lowest BCUT2D eigenvalue weighted by molar-refractivity contribution is 0.308. The maximum absolute atomic E-state index is 6.18. The van der Waals surface area contributed by atoms with Gasteiger partial charge in [-0.05, 0) is 23.8 Å². The summed E-state index contributed by atoms with van der Waals surface area (Å²) in [5.41, 5.74) is 8.72. The van der Waals surface area contributed by atoms with Gasteiger partial charge >= 0.3 is 0 Å². The highest BCUT2D eigenvalue weighted by molar-refractivity contribution is 5.47. The van der Waals surface area contributed by atoms with Gasteiger partial charge in [-0.25, -0.2) is 0 Å². The number of benzene rings is 1. The number of hydrogen-bond acceptors (Lipinski definition) is 2. The molecule has 1 aromatic rings. The first-order valence-electron chi connectivity index (χ1n) is 6.02. The van der Waals surface area contributed by atoms with E-state index in [0.29, 0.717) is 0 Å². The van der Waals surface area contributed by atoms with E-state index in [1.807, 2.05) is 0 Å². The van der Waals surface area contributed by atoms with Crippen LogP contribution in [0.1, 0.15) is 50.8 Å². The Kier molecular flexibility index (Phi) is 2.94. The zero-order valence-electron chi connectivity index (χ0n) is 10.4. The van der Waals surface area contributed by atoms with Gasteiger partial charge in [-0.15, -0.1) is 0 Å². The molecule has 0 radical (unpaired) electrons. The van der Waals surface area contributed by atoms with Crippen LogP contribution in [0, 0.1) is 0 Å². The summed E-state index contributed by atoms with van der Waals surface area (Å²) in [5, 5.41) is 0. The third-order valence-corrected chi connectivity index (χ3v) is 3.16. The van der Waals surface area contributed by atoms with Gasteiger partial charge < -0.3 is 10.5 Å². The largest absolute Gasteiger partial charge is 0.493 e. The molecule has 0 saturated heterocycles. The van der Waals surface area contributed by atoms with Gasteiger partial charge in [0, 0.05) is 11.6 Å². The van der Waals surface area contributed by atoms with Crippen molar-refractivity contribution in [2.24, 2.45) is 5.73 Å². The van der Waals surface area contributed by atoms with Crippen LogP contribution in [0.15, 0.2) is 18.2 Å². The van der Waals surface area contributed by atoms with Crippen molar-refractivity contribution >= 4 is 0 Å². The maximum atomic E-state index is 6.18. The Balaban J connectivity index is 2.53. The first-order chi connectivity index (χ1) is 7.50. The molecule has 0 fully saturated rings. The second kappa shape index (κ2) is 4.10. The molecule has 0 aliphatic carbocycles. The molecule has 1 aliphatic heterocycles. The second-order valence-electron chi connectivity index (χ2n) is 5.57. The predicted octanol–water partition coefficient (Wildman–Crippen LogP) is 3.16. The fraction of sp³-hybridized carbons (Fsp3) is 0.571. The van der Waals surface area contributed by atoms with Gasteiger partial charge in [0.15, 0.2) is 0 Å². The molecule has 0 amide bonds. The fourth-order valence-corrected chi connectivity index (χ4v) is 2.23. The molecule has 2 nitrogen and oxygen atoms in total. The van der Waals surface area contributed by atoms with Crippen LogP contribution in [0.25, 0.3) is 0 Å². The summed E-state index contributed by atoms with van der Waals surface area (Å²) in [5.74, 6) is 1.03. The quantitative estimate of drug-likeness (QED) is 0.727. The van der Waals surface area contributed by atoms with Gasteiger partial charge in [-0.3, -0.25) is 0 Å². The Morgan fingerprint density at radius 1 is 1.31 bits per heavy atom. The molecule has 1 atom stereocenters. The lowest BCUT2D eigenvalue weighted by Gasteiger charge is -2.24. The van der Waals surface area contributed by atoms with E-state index in [1.165, 1.54) is 11.1 Å². The second-order valence-corrected chi connectivity index (χ2v) is 5.57. The van der Waals surface area contributed by atoms with Crippen LogP contribution in [-0.2, 0) is 5.41 Å². The van der Waals surface area contributed by atoms with E-state index in [-0.39, 0.29) is 11.5 Å². The minimum absolute atomic E-state index is 0.107. The molecule has 1 heterocycles. The summed E-state index contributed by atoms with van der Waals surface area (Å²) < 4.78 is 5.90. The molecule has 16 heavy (non-hydrogen) atoms.